The number of fused-ring (bicyclic) bond motifs is 1. The highest BCUT2D eigenvalue weighted by atomic mass is 79.9. The maximum Gasteiger partial charge on any atom is 0.169 e. The van der Waals surface area contributed by atoms with Crippen molar-refractivity contribution >= 4 is 21.6 Å². The average molecular weight is 228 g/mol. The molecule has 0 bridgehead atoms. The van der Waals surface area contributed by atoms with E-state index in [9.17, 15) is 0 Å². The standard InChI is InChI=1S/C7H6BrN3O/c1-4-6(8)7-9-2-5(12)3-11(7)10-4/h2-3,12H,1H3. The van der Waals surface area contributed by atoms with Gasteiger partial charge in [-0.2, -0.15) is 5.10 Å². The quantitative estimate of drug-likeness (QED) is 0.743. The molecule has 2 heterocycles. The molecule has 0 saturated carbocycles. The smallest absolute Gasteiger partial charge is 0.169 e. The second-order valence-corrected chi connectivity index (χ2v) is 3.27. The van der Waals surface area contributed by atoms with Gasteiger partial charge in [0, 0.05) is 0 Å². The molecule has 0 spiro atoms. The van der Waals surface area contributed by atoms with Crippen molar-refractivity contribution in [3.8, 4) is 5.75 Å². The molecule has 0 fully saturated rings. The molecule has 2 rings (SSSR count). The lowest BCUT2D eigenvalue weighted by Gasteiger charge is -1.92. The Bertz CT molecular complexity index is 437. The molecule has 0 aliphatic rings. The number of halogens is 1. The molecule has 0 saturated heterocycles. The number of hydrogen-bond donors (Lipinski definition) is 1. The Morgan fingerprint density at radius 2 is 2.33 bits per heavy atom. The highest BCUT2D eigenvalue weighted by Gasteiger charge is 2.06. The molecule has 62 valence electrons. The third-order valence-electron chi connectivity index (χ3n) is 1.56. The molecule has 0 amide bonds. The van der Waals surface area contributed by atoms with Gasteiger partial charge in [0.15, 0.2) is 11.4 Å². The van der Waals surface area contributed by atoms with E-state index < -0.39 is 0 Å². The summed E-state index contributed by atoms with van der Waals surface area (Å²) in [6.07, 6.45) is 2.90. The monoisotopic (exact) mass is 227 g/mol. The summed E-state index contributed by atoms with van der Waals surface area (Å²) in [6.45, 7) is 1.87. The SMILES string of the molecule is Cc1nn2cc(O)cnc2c1Br. The van der Waals surface area contributed by atoms with E-state index in [1.807, 2.05) is 6.92 Å². The van der Waals surface area contributed by atoms with Crippen molar-refractivity contribution in [3.63, 3.8) is 0 Å². The van der Waals surface area contributed by atoms with Crippen molar-refractivity contribution < 1.29 is 5.11 Å². The van der Waals surface area contributed by atoms with Crippen LogP contribution in [0.25, 0.3) is 5.65 Å². The summed E-state index contributed by atoms with van der Waals surface area (Å²) >= 11 is 3.35. The number of rotatable bonds is 0. The average Bonchev–Trinajstić information content (AvgIpc) is 2.28. The first-order valence-corrected chi connectivity index (χ1v) is 4.17. The lowest BCUT2D eigenvalue weighted by molar-refractivity contribution is 0.467. The van der Waals surface area contributed by atoms with E-state index in [0.717, 1.165) is 10.2 Å². The first-order valence-electron chi connectivity index (χ1n) is 3.38. The lowest BCUT2D eigenvalue weighted by Crippen LogP contribution is -1.87. The largest absolute Gasteiger partial charge is 0.505 e. The Kier molecular flexibility index (Phi) is 1.54. The molecule has 0 aliphatic carbocycles. The number of hydrogen-bond acceptors (Lipinski definition) is 3. The van der Waals surface area contributed by atoms with Gasteiger partial charge in [0.1, 0.15) is 0 Å². The summed E-state index contributed by atoms with van der Waals surface area (Å²) in [4.78, 5) is 4.00. The minimum atomic E-state index is 0.109. The molecule has 1 N–H and O–H groups in total. The van der Waals surface area contributed by atoms with Crippen LogP contribution in [0.5, 0.6) is 5.75 Å². The van der Waals surface area contributed by atoms with Gasteiger partial charge in [0.25, 0.3) is 0 Å². The maximum absolute atomic E-state index is 9.09. The van der Waals surface area contributed by atoms with Crippen molar-refractivity contribution in [3.05, 3.63) is 22.6 Å². The van der Waals surface area contributed by atoms with Crippen LogP contribution in [-0.2, 0) is 0 Å². The highest BCUT2D eigenvalue weighted by molar-refractivity contribution is 9.10. The predicted octanol–water partition coefficient (Wildman–Crippen LogP) is 1.51. The van der Waals surface area contributed by atoms with Gasteiger partial charge in [-0.25, -0.2) is 9.50 Å². The van der Waals surface area contributed by atoms with Crippen molar-refractivity contribution in [1.82, 2.24) is 14.6 Å². The molecular formula is C7H6BrN3O. The van der Waals surface area contributed by atoms with Crippen molar-refractivity contribution in [2.45, 2.75) is 6.92 Å². The summed E-state index contributed by atoms with van der Waals surface area (Å²) in [5.74, 6) is 0.109. The Balaban J connectivity index is 2.87. The van der Waals surface area contributed by atoms with E-state index in [2.05, 4.69) is 26.0 Å². The van der Waals surface area contributed by atoms with Crippen LogP contribution in [-0.4, -0.2) is 19.7 Å². The number of nitrogens with zero attached hydrogens (tertiary/aromatic N) is 3. The van der Waals surface area contributed by atoms with E-state index in [0.29, 0.717) is 5.65 Å². The van der Waals surface area contributed by atoms with E-state index >= 15 is 0 Å². The summed E-state index contributed by atoms with van der Waals surface area (Å²) in [5, 5.41) is 13.2. The normalized spacial score (nSPS) is 10.8. The van der Waals surface area contributed by atoms with Crippen LogP contribution in [0.1, 0.15) is 5.69 Å². The van der Waals surface area contributed by atoms with Crippen molar-refractivity contribution in [1.29, 1.82) is 0 Å². The fraction of sp³-hybridized carbons (Fsp3) is 0.143. The summed E-state index contributed by atoms with van der Waals surface area (Å²) in [5.41, 5.74) is 1.57. The summed E-state index contributed by atoms with van der Waals surface area (Å²) < 4.78 is 2.40. The van der Waals surface area contributed by atoms with E-state index in [4.69, 9.17) is 5.11 Å². The molecule has 5 heteroatoms. The molecule has 4 nitrogen and oxygen atoms in total. The molecule has 0 radical (unpaired) electrons. The van der Waals surface area contributed by atoms with Gasteiger partial charge in [0.2, 0.25) is 0 Å². The predicted molar refractivity (Wildman–Crippen MR) is 47.1 cm³/mol. The third kappa shape index (κ3) is 0.972. The fourth-order valence-electron chi connectivity index (χ4n) is 1.01. The molecule has 0 aliphatic heterocycles. The number of aromatic nitrogens is 3. The van der Waals surface area contributed by atoms with Gasteiger partial charge in [-0.3, -0.25) is 0 Å². The highest BCUT2D eigenvalue weighted by Crippen LogP contribution is 2.20. The molecule has 12 heavy (non-hydrogen) atoms. The molecule has 0 unspecified atom stereocenters. The molecule has 2 aromatic heterocycles. The van der Waals surface area contributed by atoms with Crippen LogP contribution in [0.2, 0.25) is 0 Å². The van der Waals surface area contributed by atoms with Gasteiger partial charge in [-0.15, -0.1) is 0 Å². The Morgan fingerprint density at radius 1 is 1.58 bits per heavy atom. The van der Waals surface area contributed by atoms with Crippen LogP contribution in [0.15, 0.2) is 16.9 Å². The summed E-state index contributed by atoms with van der Waals surface area (Å²) in [7, 11) is 0. The van der Waals surface area contributed by atoms with Crippen molar-refractivity contribution in [2.75, 3.05) is 0 Å². The van der Waals surface area contributed by atoms with E-state index in [1.54, 1.807) is 0 Å². The van der Waals surface area contributed by atoms with Crippen LogP contribution in [0.3, 0.4) is 0 Å². The summed E-state index contributed by atoms with van der Waals surface area (Å²) in [6, 6.07) is 0. The van der Waals surface area contributed by atoms with Gasteiger partial charge in [-0.05, 0) is 22.9 Å². The maximum atomic E-state index is 9.09. The second-order valence-electron chi connectivity index (χ2n) is 2.48. The molecule has 0 aromatic carbocycles. The van der Waals surface area contributed by atoms with E-state index in [1.165, 1.54) is 16.9 Å². The van der Waals surface area contributed by atoms with Crippen molar-refractivity contribution in [2.24, 2.45) is 0 Å². The number of aryl methyl sites for hydroxylation is 1. The van der Waals surface area contributed by atoms with Gasteiger partial charge >= 0.3 is 0 Å². The molecule has 2 aromatic rings. The van der Waals surface area contributed by atoms with Crippen LogP contribution in [0.4, 0.5) is 0 Å². The zero-order chi connectivity index (χ0) is 8.72. The number of aromatic hydroxyl groups is 1. The fourth-order valence-corrected chi connectivity index (χ4v) is 1.37. The van der Waals surface area contributed by atoms with Gasteiger partial charge in [-0.1, -0.05) is 0 Å². The first-order chi connectivity index (χ1) is 5.68. The second kappa shape index (κ2) is 2.45. The minimum absolute atomic E-state index is 0.109. The molecular weight excluding hydrogens is 222 g/mol. The minimum Gasteiger partial charge on any atom is -0.505 e. The third-order valence-corrected chi connectivity index (χ3v) is 2.49. The Morgan fingerprint density at radius 3 is 3.08 bits per heavy atom. The Hall–Kier alpha value is -1.10. The van der Waals surface area contributed by atoms with Gasteiger partial charge < -0.3 is 5.11 Å². The topological polar surface area (TPSA) is 50.4 Å². The zero-order valence-electron chi connectivity index (χ0n) is 6.32. The van der Waals surface area contributed by atoms with Crippen LogP contribution >= 0.6 is 15.9 Å². The molecule has 0 atom stereocenters. The van der Waals surface area contributed by atoms with Gasteiger partial charge in [0.05, 0.1) is 22.6 Å². The van der Waals surface area contributed by atoms with Crippen LogP contribution < -0.4 is 0 Å². The first kappa shape index (κ1) is 7.54. The Labute approximate surface area is 77.0 Å². The lowest BCUT2D eigenvalue weighted by atomic mass is 10.5. The zero-order valence-corrected chi connectivity index (χ0v) is 7.91. The van der Waals surface area contributed by atoms with E-state index in [-0.39, 0.29) is 5.75 Å². The van der Waals surface area contributed by atoms with Crippen LogP contribution in [0, 0.1) is 6.92 Å².